The second kappa shape index (κ2) is 3.79. The predicted octanol–water partition coefficient (Wildman–Crippen LogP) is 1.67. The van der Waals surface area contributed by atoms with Crippen molar-refractivity contribution in [3.8, 4) is 0 Å². The number of benzene rings is 1. The van der Waals surface area contributed by atoms with Gasteiger partial charge in [0.25, 0.3) is 0 Å². The molecular weight excluding hydrogens is 219 g/mol. The normalized spacial score (nSPS) is 11.5. The van der Waals surface area contributed by atoms with Gasteiger partial charge in [0.05, 0.1) is 0 Å². The van der Waals surface area contributed by atoms with Crippen LogP contribution in [0.4, 0.5) is 21.7 Å². The van der Waals surface area contributed by atoms with Crippen molar-refractivity contribution in [1.82, 2.24) is 8.75 Å². The molecule has 0 amide bonds. The van der Waals surface area contributed by atoms with Gasteiger partial charge in [0.1, 0.15) is 5.82 Å². The average molecular weight is 226 g/mol. The second-order valence-electron chi connectivity index (χ2n) is 2.78. The highest BCUT2D eigenvalue weighted by Crippen LogP contribution is 2.23. The van der Waals surface area contributed by atoms with E-state index in [2.05, 4.69) is 14.1 Å². The monoisotopic (exact) mass is 226 g/mol. The van der Waals surface area contributed by atoms with Crippen LogP contribution in [0, 0.1) is 5.82 Å². The van der Waals surface area contributed by atoms with Crippen molar-refractivity contribution in [2.75, 3.05) is 11.1 Å². The summed E-state index contributed by atoms with van der Waals surface area (Å²) in [4.78, 5) is 0. The summed E-state index contributed by atoms with van der Waals surface area (Å²) in [5, 5.41) is 2.78. The van der Waals surface area contributed by atoms with Crippen LogP contribution >= 0.6 is 11.1 Å². The van der Waals surface area contributed by atoms with Crippen LogP contribution in [-0.2, 0) is 0 Å². The molecule has 0 bridgehead atoms. The summed E-state index contributed by atoms with van der Waals surface area (Å²) >= 11 is -1.65. The smallest absolute Gasteiger partial charge is 0.236 e. The minimum Gasteiger partial charge on any atom is -0.546 e. The van der Waals surface area contributed by atoms with Gasteiger partial charge in [-0.05, 0) is 24.3 Å². The molecule has 1 heterocycles. The molecule has 0 radical (unpaired) electrons. The summed E-state index contributed by atoms with van der Waals surface area (Å²) in [7, 11) is 0. The molecule has 0 aliphatic rings. The van der Waals surface area contributed by atoms with Crippen molar-refractivity contribution in [3.63, 3.8) is 0 Å². The topological polar surface area (TPSA) is 86.9 Å². The number of hydrogen-bond acceptors (Lipinski definition) is 5. The third kappa shape index (κ3) is 2.20. The van der Waals surface area contributed by atoms with Crippen LogP contribution < -0.4 is 11.1 Å². The molecule has 15 heavy (non-hydrogen) atoms. The van der Waals surface area contributed by atoms with Gasteiger partial charge in [0.15, 0.2) is 11.1 Å². The van der Waals surface area contributed by atoms with E-state index in [0.29, 0.717) is 5.69 Å². The molecule has 2 aromatic rings. The van der Waals surface area contributed by atoms with Gasteiger partial charge in [-0.15, -0.1) is 0 Å². The van der Waals surface area contributed by atoms with Gasteiger partial charge in [-0.3, -0.25) is 0 Å². The number of nitrogen functional groups attached to an aromatic ring is 1. The number of nitrogens with one attached hydrogen (secondary N) is 1. The van der Waals surface area contributed by atoms with E-state index in [1.165, 1.54) is 24.3 Å². The van der Waals surface area contributed by atoms with Crippen molar-refractivity contribution in [3.05, 3.63) is 30.1 Å². The lowest BCUT2D eigenvalue weighted by atomic mass is 10.3. The number of anilines is 3. The van der Waals surface area contributed by atoms with Gasteiger partial charge in [-0.2, -0.15) is 0 Å². The fraction of sp³-hybridized carbons (Fsp3) is 0. The maximum atomic E-state index is 12.6. The molecule has 0 aliphatic heterocycles. The molecule has 0 saturated carbocycles. The molecule has 1 aromatic carbocycles. The first kappa shape index (κ1) is 9.81. The van der Waals surface area contributed by atoms with Gasteiger partial charge < -0.3 is 15.6 Å². The minimum atomic E-state index is -1.65. The van der Waals surface area contributed by atoms with E-state index in [4.69, 9.17) is 5.73 Å². The Bertz CT molecular complexity index is 470. The molecule has 0 fully saturated rings. The highest BCUT2D eigenvalue weighted by Gasteiger charge is 2.11. The third-order valence-electron chi connectivity index (χ3n) is 1.70. The Hall–Kier alpha value is -1.73. The first-order chi connectivity index (χ1) is 7.15. The number of aromatic nitrogens is 2. The number of halogens is 1. The molecule has 0 spiro atoms. The van der Waals surface area contributed by atoms with E-state index in [0.717, 1.165) is 0 Å². The van der Waals surface area contributed by atoms with Crippen molar-refractivity contribution in [2.24, 2.45) is 0 Å². The molecular formula is C8H7FN4OS. The molecule has 7 heteroatoms. The Morgan fingerprint density at radius 3 is 2.47 bits per heavy atom. The summed E-state index contributed by atoms with van der Waals surface area (Å²) in [6.07, 6.45) is 0. The Morgan fingerprint density at radius 2 is 1.93 bits per heavy atom. The molecule has 3 N–H and O–H groups in total. The fourth-order valence-corrected chi connectivity index (χ4v) is 1.62. The zero-order chi connectivity index (χ0) is 10.8. The molecule has 1 aromatic heterocycles. The van der Waals surface area contributed by atoms with Gasteiger partial charge in [0.2, 0.25) is 11.6 Å². The van der Waals surface area contributed by atoms with Crippen molar-refractivity contribution < 1.29 is 8.94 Å². The van der Waals surface area contributed by atoms with Crippen LogP contribution in [0.25, 0.3) is 0 Å². The van der Waals surface area contributed by atoms with E-state index in [1.807, 2.05) is 0 Å². The summed E-state index contributed by atoms with van der Waals surface area (Å²) < 4.78 is 30.6. The largest absolute Gasteiger partial charge is 0.546 e. The summed E-state index contributed by atoms with van der Waals surface area (Å²) in [5.41, 5.74) is 6.04. The van der Waals surface area contributed by atoms with Crippen LogP contribution in [0.2, 0.25) is 0 Å². The second-order valence-corrected chi connectivity index (χ2v) is 3.61. The van der Waals surface area contributed by atoms with Gasteiger partial charge in [-0.25, -0.2) is 4.39 Å². The van der Waals surface area contributed by atoms with Gasteiger partial charge in [-0.1, -0.05) is 0 Å². The van der Waals surface area contributed by atoms with E-state index in [-0.39, 0.29) is 17.5 Å². The predicted molar refractivity (Wildman–Crippen MR) is 54.8 cm³/mol. The van der Waals surface area contributed by atoms with Crippen LogP contribution in [-0.4, -0.2) is 13.3 Å². The summed E-state index contributed by atoms with van der Waals surface area (Å²) in [6, 6.07) is 5.63. The molecule has 5 nitrogen and oxygen atoms in total. The molecule has 78 valence electrons. The maximum Gasteiger partial charge on any atom is 0.236 e. The SMILES string of the molecule is Nc1n[s+]([O-])nc1Nc1ccc(F)cc1. The Balaban J connectivity index is 2.21. The van der Waals surface area contributed by atoms with Crippen LogP contribution in [0.5, 0.6) is 0 Å². The van der Waals surface area contributed by atoms with Gasteiger partial charge in [0, 0.05) is 14.4 Å². The number of nitrogens with two attached hydrogens (primary N) is 1. The zero-order valence-corrected chi connectivity index (χ0v) is 8.29. The van der Waals surface area contributed by atoms with Crippen molar-refractivity contribution in [2.45, 2.75) is 0 Å². The van der Waals surface area contributed by atoms with E-state index >= 15 is 0 Å². The molecule has 0 aliphatic carbocycles. The number of nitrogens with zero attached hydrogens (tertiary/aromatic N) is 2. The molecule has 2 rings (SSSR count). The Kier molecular flexibility index (Phi) is 2.48. The fourth-order valence-electron chi connectivity index (χ4n) is 1.03. The molecule has 1 unspecified atom stereocenters. The minimum absolute atomic E-state index is 0.0812. The molecule has 0 saturated heterocycles. The quantitative estimate of drug-likeness (QED) is 0.760. The summed E-state index contributed by atoms with van der Waals surface area (Å²) in [6.45, 7) is 0. The Morgan fingerprint density at radius 1 is 1.27 bits per heavy atom. The van der Waals surface area contributed by atoms with E-state index in [9.17, 15) is 8.94 Å². The number of hydrogen-bond donors (Lipinski definition) is 2. The third-order valence-corrected chi connectivity index (χ3v) is 2.39. The van der Waals surface area contributed by atoms with E-state index < -0.39 is 11.1 Å². The number of rotatable bonds is 2. The lowest BCUT2D eigenvalue weighted by Gasteiger charge is -2.00. The lowest BCUT2D eigenvalue weighted by Crippen LogP contribution is -1.95. The van der Waals surface area contributed by atoms with Crippen molar-refractivity contribution in [1.29, 1.82) is 0 Å². The van der Waals surface area contributed by atoms with Gasteiger partial charge >= 0.3 is 0 Å². The van der Waals surface area contributed by atoms with Crippen LogP contribution in [0.3, 0.4) is 0 Å². The Labute approximate surface area is 87.9 Å². The van der Waals surface area contributed by atoms with Crippen molar-refractivity contribution >= 4 is 28.5 Å². The van der Waals surface area contributed by atoms with Crippen LogP contribution in [0.15, 0.2) is 24.3 Å². The zero-order valence-electron chi connectivity index (χ0n) is 7.48. The lowest BCUT2D eigenvalue weighted by molar-refractivity contribution is 0.585. The maximum absolute atomic E-state index is 12.6. The molecule has 1 atom stereocenters. The first-order valence-electron chi connectivity index (χ1n) is 4.03. The highest BCUT2D eigenvalue weighted by atomic mass is 32.2. The highest BCUT2D eigenvalue weighted by molar-refractivity contribution is 7.14. The average Bonchev–Trinajstić information content (AvgIpc) is 2.49. The van der Waals surface area contributed by atoms with Crippen LogP contribution in [0.1, 0.15) is 0 Å². The first-order valence-corrected chi connectivity index (χ1v) is 5.09. The summed E-state index contributed by atoms with van der Waals surface area (Å²) in [5.74, 6) is -0.0169. The standard InChI is InChI=1S/C8H7FN4OS/c9-5-1-3-6(4-2-5)11-8-7(10)12-15(14)13-8/h1-4H,(H2,10,12)(H,11,13). The van der Waals surface area contributed by atoms with E-state index in [1.54, 1.807) is 0 Å².